The number of benzene rings is 1. The van der Waals surface area contributed by atoms with Gasteiger partial charge in [-0.25, -0.2) is 0 Å². The second kappa shape index (κ2) is 2.13. The molecule has 0 atom stereocenters. The molecule has 1 aromatic carbocycles. The van der Waals surface area contributed by atoms with Gasteiger partial charge in [-0.05, 0) is 24.6 Å². The van der Waals surface area contributed by atoms with E-state index in [-0.39, 0.29) is 0 Å². The van der Waals surface area contributed by atoms with Crippen LogP contribution in [-0.4, -0.2) is 7.05 Å². The molecule has 0 fully saturated rings. The molecular formula is C8H11N3. The summed E-state index contributed by atoms with van der Waals surface area (Å²) in [5.74, 6) is 0. The van der Waals surface area contributed by atoms with Crippen molar-refractivity contribution in [3.8, 4) is 0 Å². The minimum atomic E-state index is 1.14. The highest BCUT2D eigenvalue weighted by Gasteiger charge is 2.12. The molecule has 0 saturated heterocycles. The number of nitrogens with one attached hydrogen (secondary N) is 2. The van der Waals surface area contributed by atoms with Gasteiger partial charge in [-0.1, -0.05) is 6.07 Å². The van der Waals surface area contributed by atoms with Crippen molar-refractivity contribution in [1.82, 2.24) is 5.53 Å². The molecule has 1 heterocycles. The maximum atomic E-state index is 3.05. The topological polar surface area (TPSA) is 27.3 Å². The van der Waals surface area contributed by atoms with Gasteiger partial charge in [-0.3, -0.25) is 5.01 Å². The molecule has 2 rings (SSSR count). The Morgan fingerprint density at radius 2 is 2.18 bits per heavy atom. The second-order valence-corrected chi connectivity index (χ2v) is 2.82. The van der Waals surface area contributed by atoms with Crippen LogP contribution in [0.15, 0.2) is 18.2 Å². The molecule has 3 nitrogen and oxygen atoms in total. The molecule has 1 aliphatic heterocycles. The van der Waals surface area contributed by atoms with E-state index < -0.39 is 0 Å². The predicted octanol–water partition coefficient (Wildman–Crippen LogP) is 1.28. The molecule has 0 bridgehead atoms. The van der Waals surface area contributed by atoms with E-state index in [2.05, 4.69) is 36.1 Å². The summed E-state index contributed by atoms with van der Waals surface area (Å²) >= 11 is 0. The maximum absolute atomic E-state index is 3.05. The number of hydrogen-bond donors (Lipinski definition) is 2. The van der Waals surface area contributed by atoms with Crippen molar-refractivity contribution >= 4 is 11.4 Å². The van der Waals surface area contributed by atoms with Crippen molar-refractivity contribution in [1.29, 1.82) is 0 Å². The quantitative estimate of drug-likeness (QED) is 0.581. The summed E-state index contributed by atoms with van der Waals surface area (Å²) in [6.07, 6.45) is 0. The largest absolute Gasteiger partial charge is 0.302 e. The highest BCUT2D eigenvalue weighted by molar-refractivity contribution is 5.73. The van der Waals surface area contributed by atoms with Crippen molar-refractivity contribution in [2.24, 2.45) is 0 Å². The Balaban J connectivity index is 2.52. The molecule has 11 heavy (non-hydrogen) atoms. The first-order chi connectivity index (χ1) is 5.27. The lowest BCUT2D eigenvalue weighted by Gasteiger charge is -2.09. The molecule has 0 unspecified atom stereocenters. The zero-order valence-corrected chi connectivity index (χ0v) is 6.68. The summed E-state index contributed by atoms with van der Waals surface area (Å²) in [4.78, 5) is 0. The van der Waals surface area contributed by atoms with Crippen molar-refractivity contribution in [2.75, 3.05) is 17.5 Å². The lowest BCUT2D eigenvalue weighted by Crippen LogP contribution is -2.31. The van der Waals surface area contributed by atoms with Crippen molar-refractivity contribution in [2.45, 2.75) is 6.92 Å². The van der Waals surface area contributed by atoms with Gasteiger partial charge in [0.15, 0.2) is 0 Å². The lowest BCUT2D eigenvalue weighted by atomic mass is 10.2. The minimum Gasteiger partial charge on any atom is -0.302 e. The summed E-state index contributed by atoms with van der Waals surface area (Å²) in [6, 6.07) is 6.30. The Morgan fingerprint density at radius 1 is 1.36 bits per heavy atom. The van der Waals surface area contributed by atoms with E-state index in [1.54, 1.807) is 0 Å². The third-order valence-corrected chi connectivity index (χ3v) is 1.87. The average molecular weight is 149 g/mol. The van der Waals surface area contributed by atoms with Crippen LogP contribution >= 0.6 is 0 Å². The first-order valence-corrected chi connectivity index (χ1v) is 3.63. The Labute approximate surface area is 66.0 Å². The number of nitrogens with zero attached hydrogens (tertiary/aromatic N) is 1. The van der Waals surface area contributed by atoms with Crippen LogP contribution in [0.25, 0.3) is 0 Å². The molecule has 1 aromatic rings. The smallest absolute Gasteiger partial charge is 0.0782 e. The molecule has 0 aromatic heterocycles. The number of hydrogen-bond acceptors (Lipinski definition) is 3. The molecular weight excluding hydrogens is 138 g/mol. The van der Waals surface area contributed by atoms with Gasteiger partial charge in [-0.15, -0.1) is 5.53 Å². The fraction of sp³-hybridized carbons (Fsp3) is 0.250. The summed E-state index contributed by atoms with van der Waals surface area (Å²) in [7, 11) is 1.98. The first kappa shape index (κ1) is 6.49. The van der Waals surface area contributed by atoms with Gasteiger partial charge in [0.1, 0.15) is 0 Å². The summed E-state index contributed by atoms with van der Waals surface area (Å²) in [5, 5.41) is 1.96. The highest BCUT2D eigenvalue weighted by Crippen LogP contribution is 2.28. The number of anilines is 2. The van der Waals surface area contributed by atoms with Crippen LogP contribution < -0.4 is 16.0 Å². The molecule has 0 aliphatic carbocycles. The Morgan fingerprint density at radius 3 is 3.00 bits per heavy atom. The summed E-state index contributed by atoms with van der Waals surface area (Å²) in [6.45, 7) is 2.09. The van der Waals surface area contributed by atoms with Crippen molar-refractivity contribution in [3.63, 3.8) is 0 Å². The van der Waals surface area contributed by atoms with Gasteiger partial charge < -0.3 is 5.43 Å². The van der Waals surface area contributed by atoms with Crippen LogP contribution in [0.2, 0.25) is 0 Å². The second-order valence-electron chi connectivity index (χ2n) is 2.82. The van der Waals surface area contributed by atoms with E-state index in [1.165, 1.54) is 11.3 Å². The molecule has 0 radical (unpaired) electrons. The monoisotopic (exact) mass is 149 g/mol. The SMILES string of the molecule is Cc1ccc2c(c1)N(C)NN2. The summed E-state index contributed by atoms with van der Waals surface area (Å²) < 4.78 is 0. The van der Waals surface area contributed by atoms with Gasteiger partial charge in [-0.2, -0.15) is 0 Å². The third kappa shape index (κ3) is 0.935. The van der Waals surface area contributed by atoms with Gasteiger partial charge in [0.05, 0.1) is 11.4 Å². The fourth-order valence-electron chi connectivity index (χ4n) is 1.23. The molecule has 0 saturated carbocycles. The van der Waals surface area contributed by atoms with Gasteiger partial charge in [0, 0.05) is 7.05 Å². The van der Waals surface area contributed by atoms with E-state index in [9.17, 15) is 0 Å². The highest BCUT2D eigenvalue weighted by atomic mass is 15.7. The normalized spacial score (nSPS) is 14.5. The standard InChI is InChI=1S/C8H11N3/c1-6-3-4-7-8(5-6)11(2)10-9-7/h3-5,9-10H,1-2H3. The Hall–Kier alpha value is -1.22. The average Bonchev–Trinajstić information content (AvgIpc) is 2.33. The van der Waals surface area contributed by atoms with Crippen molar-refractivity contribution in [3.05, 3.63) is 23.8 Å². The van der Waals surface area contributed by atoms with Crippen LogP contribution in [0, 0.1) is 6.92 Å². The van der Waals surface area contributed by atoms with Crippen LogP contribution in [0.4, 0.5) is 11.4 Å². The molecule has 58 valence electrons. The van der Waals surface area contributed by atoms with Crippen LogP contribution in [-0.2, 0) is 0 Å². The lowest BCUT2D eigenvalue weighted by molar-refractivity contribution is 0.820. The molecule has 1 aliphatic rings. The van der Waals surface area contributed by atoms with Crippen LogP contribution in [0.5, 0.6) is 0 Å². The molecule has 0 amide bonds. The first-order valence-electron chi connectivity index (χ1n) is 3.63. The van der Waals surface area contributed by atoms with Crippen LogP contribution in [0.1, 0.15) is 5.56 Å². The number of hydrazine groups is 2. The number of rotatable bonds is 0. The van der Waals surface area contributed by atoms with Crippen molar-refractivity contribution < 1.29 is 0 Å². The van der Waals surface area contributed by atoms with E-state index in [4.69, 9.17) is 0 Å². The zero-order valence-electron chi connectivity index (χ0n) is 6.68. The fourth-order valence-corrected chi connectivity index (χ4v) is 1.23. The Bertz CT molecular complexity index is 283. The molecule has 0 spiro atoms. The molecule has 3 heteroatoms. The van der Waals surface area contributed by atoms with Gasteiger partial charge in [0.25, 0.3) is 0 Å². The van der Waals surface area contributed by atoms with Gasteiger partial charge in [0.2, 0.25) is 0 Å². The zero-order chi connectivity index (χ0) is 7.84. The summed E-state index contributed by atoms with van der Waals surface area (Å²) in [5.41, 5.74) is 9.66. The Kier molecular flexibility index (Phi) is 1.26. The van der Waals surface area contributed by atoms with Crippen LogP contribution in [0.3, 0.4) is 0 Å². The third-order valence-electron chi connectivity index (χ3n) is 1.87. The molecule has 2 N–H and O–H groups in total. The van der Waals surface area contributed by atoms with E-state index >= 15 is 0 Å². The van der Waals surface area contributed by atoms with E-state index in [0.717, 1.165) is 5.69 Å². The number of fused-ring (bicyclic) bond motifs is 1. The number of aryl methyl sites for hydroxylation is 1. The van der Waals surface area contributed by atoms with Gasteiger partial charge >= 0.3 is 0 Å². The maximum Gasteiger partial charge on any atom is 0.0782 e. The van der Waals surface area contributed by atoms with E-state index in [0.29, 0.717) is 0 Å². The minimum absolute atomic E-state index is 1.14. The van der Waals surface area contributed by atoms with E-state index in [1.807, 2.05) is 12.1 Å². The predicted molar refractivity (Wildman–Crippen MR) is 46.3 cm³/mol.